The van der Waals surface area contributed by atoms with Crippen LogP contribution in [0.25, 0.3) is 0 Å². The zero-order chi connectivity index (χ0) is 10.9. The molecule has 0 aromatic heterocycles. The van der Waals surface area contributed by atoms with E-state index in [0.29, 0.717) is 13.2 Å². The molecular weight excluding hydrogens is 192 g/mol. The second-order valence-electron chi connectivity index (χ2n) is 5.22. The molecule has 2 fully saturated rings. The highest BCUT2D eigenvalue weighted by Crippen LogP contribution is 2.51. The molecule has 1 aliphatic heterocycles. The third-order valence-electron chi connectivity index (χ3n) is 3.35. The van der Waals surface area contributed by atoms with E-state index >= 15 is 0 Å². The fourth-order valence-corrected chi connectivity index (χ4v) is 2.01. The van der Waals surface area contributed by atoms with Crippen LogP contribution in [0.2, 0.25) is 0 Å². The Bertz CT molecular complexity index is 247. The van der Waals surface area contributed by atoms with Crippen molar-refractivity contribution in [3.8, 4) is 0 Å². The van der Waals surface area contributed by atoms with E-state index in [0.717, 1.165) is 19.6 Å². The summed E-state index contributed by atoms with van der Waals surface area (Å²) in [6, 6.07) is 0.282. The van der Waals surface area contributed by atoms with Gasteiger partial charge < -0.3 is 15.4 Å². The number of hydrogen-bond acceptors (Lipinski definition) is 3. The van der Waals surface area contributed by atoms with Gasteiger partial charge in [-0.1, -0.05) is 13.8 Å². The lowest BCUT2D eigenvalue weighted by Gasteiger charge is -2.24. The maximum Gasteiger partial charge on any atom is 0.223 e. The minimum absolute atomic E-state index is 0.201. The first kappa shape index (κ1) is 10.9. The van der Waals surface area contributed by atoms with Crippen LogP contribution >= 0.6 is 0 Å². The number of nitrogens with one attached hydrogen (secondary N) is 2. The summed E-state index contributed by atoms with van der Waals surface area (Å²) in [5, 5.41) is 6.30. The van der Waals surface area contributed by atoms with Gasteiger partial charge in [-0.25, -0.2) is 0 Å². The monoisotopic (exact) mass is 212 g/mol. The van der Waals surface area contributed by atoms with Crippen molar-refractivity contribution in [2.75, 3.05) is 26.3 Å². The molecule has 0 bridgehead atoms. The zero-order valence-electron chi connectivity index (χ0n) is 9.51. The van der Waals surface area contributed by atoms with E-state index in [1.807, 2.05) is 0 Å². The summed E-state index contributed by atoms with van der Waals surface area (Å²) in [4.78, 5) is 11.7. The number of ether oxygens (including phenoxy) is 1. The quantitative estimate of drug-likeness (QED) is 0.699. The Labute approximate surface area is 90.8 Å². The third-order valence-corrected chi connectivity index (χ3v) is 3.35. The van der Waals surface area contributed by atoms with Crippen LogP contribution in [0.3, 0.4) is 0 Å². The van der Waals surface area contributed by atoms with Gasteiger partial charge in [-0.15, -0.1) is 0 Å². The lowest BCUT2D eigenvalue weighted by Crippen LogP contribution is -2.48. The molecule has 1 saturated heterocycles. The standard InChI is InChI=1S/C11H20N2O2/c1-11(2)5-9(11)10(14)13-6-8-7-15-4-3-12-8/h8-9,12H,3-7H2,1-2H3,(H,13,14). The molecule has 2 atom stereocenters. The zero-order valence-corrected chi connectivity index (χ0v) is 9.51. The number of rotatable bonds is 3. The van der Waals surface area contributed by atoms with Gasteiger partial charge in [-0.2, -0.15) is 0 Å². The second-order valence-corrected chi connectivity index (χ2v) is 5.22. The van der Waals surface area contributed by atoms with E-state index in [2.05, 4.69) is 24.5 Å². The van der Waals surface area contributed by atoms with Crippen molar-refractivity contribution in [2.45, 2.75) is 26.3 Å². The molecule has 86 valence electrons. The highest BCUT2D eigenvalue weighted by atomic mass is 16.5. The van der Waals surface area contributed by atoms with Gasteiger partial charge in [0.05, 0.1) is 13.2 Å². The molecule has 4 nitrogen and oxygen atoms in total. The Balaban J connectivity index is 1.67. The number of amides is 1. The van der Waals surface area contributed by atoms with Crippen molar-refractivity contribution in [2.24, 2.45) is 11.3 Å². The predicted octanol–water partition coefficient (Wildman–Crippen LogP) is 0.137. The summed E-state index contributed by atoms with van der Waals surface area (Å²) < 4.78 is 5.32. The summed E-state index contributed by atoms with van der Waals surface area (Å²) in [6.45, 7) is 7.33. The molecule has 0 aromatic carbocycles. The van der Waals surface area contributed by atoms with Crippen LogP contribution in [-0.4, -0.2) is 38.3 Å². The van der Waals surface area contributed by atoms with E-state index in [4.69, 9.17) is 4.74 Å². The smallest absolute Gasteiger partial charge is 0.223 e. The van der Waals surface area contributed by atoms with Gasteiger partial charge in [-0.3, -0.25) is 4.79 Å². The van der Waals surface area contributed by atoms with E-state index < -0.39 is 0 Å². The Morgan fingerprint density at radius 1 is 1.60 bits per heavy atom. The average Bonchev–Trinajstić information content (AvgIpc) is 2.86. The highest BCUT2D eigenvalue weighted by Gasteiger charge is 2.50. The van der Waals surface area contributed by atoms with Crippen LogP contribution < -0.4 is 10.6 Å². The van der Waals surface area contributed by atoms with Crippen LogP contribution in [0.15, 0.2) is 0 Å². The van der Waals surface area contributed by atoms with Crippen molar-refractivity contribution in [1.82, 2.24) is 10.6 Å². The molecule has 1 saturated carbocycles. The predicted molar refractivity (Wildman–Crippen MR) is 57.5 cm³/mol. The topological polar surface area (TPSA) is 50.4 Å². The molecular formula is C11H20N2O2. The van der Waals surface area contributed by atoms with E-state index in [1.54, 1.807) is 0 Å². The van der Waals surface area contributed by atoms with Crippen LogP contribution in [0.1, 0.15) is 20.3 Å². The molecule has 2 rings (SSSR count). The lowest BCUT2D eigenvalue weighted by molar-refractivity contribution is -0.123. The van der Waals surface area contributed by atoms with Crippen molar-refractivity contribution in [1.29, 1.82) is 0 Å². The van der Waals surface area contributed by atoms with Crippen LogP contribution in [0.4, 0.5) is 0 Å². The van der Waals surface area contributed by atoms with E-state index in [1.165, 1.54) is 0 Å². The molecule has 0 spiro atoms. The van der Waals surface area contributed by atoms with Crippen LogP contribution in [0.5, 0.6) is 0 Å². The third kappa shape index (κ3) is 2.69. The first-order chi connectivity index (χ1) is 7.09. The Morgan fingerprint density at radius 2 is 2.33 bits per heavy atom. The van der Waals surface area contributed by atoms with Gasteiger partial charge in [0.1, 0.15) is 0 Å². The van der Waals surface area contributed by atoms with Gasteiger partial charge in [0, 0.05) is 25.0 Å². The van der Waals surface area contributed by atoms with Gasteiger partial charge in [0.15, 0.2) is 0 Å². The van der Waals surface area contributed by atoms with Crippen molar-refractivity contribution in [3.63, 3.8) is 0 Å². The molecule has 2 N–H and O–H groups in total. The number of carbonyl (C=O) groups is 1. The minimum atomic E-state index is 0.201. The maximum atomic E-state index is 11.7. The van der Waals surface area contributed by atoms with E-state index in [-0.39, 0.29) is 23.3 Å². The maximum absolute atomic E-state index is 11.7. The number of morpholine rings is 1. The Hall–Kier alpha value is -0.610. The summed E-state index contributed by atoms with van der Waals surface area (Å²) in [7, 11) is 0. The summed E-state index contributed by atoms with van der Waals surface area (Å²) in [6.07, 6.45) is 1.02. The average molecular weight is 212 g/mol. The number of hydrogen-bond donors (Lipinski definition) is 2. The molecule has 15 heavy (non-hydrogen) atoms. The largest absolute Gasteiger partial charge is 0.378 e. The minimum Gasteiger partial charge on any atom is -0.378 e. The Morgan fingerprint density at radius 3 is 2.87 bits per heavy atom. The van der Waals surface area contributed by atoms with Gasteiger partial charge in [0.2, 0.25) is 5.91 Å². The lowest BCUT2D eigenvalue weighted by atomic mass is 10.1. The highest BCUT2D eigenvalue weighted by molar-refractivity contribution is 5.82. The first-order valence-corrected chi connectivity index (χ1v) is 5.68. The summed E-state index contributed by atoms with van der Waals surface area (Å²) >= 11 is 0. The summed E-state index contributed by atoms with van der Waals surface area (Å²) in [5.74, 6) is 0.425. The van der Waals surface area contributed by atoms with Crippen molar-refractivity contribution < 1.29 is 9.53 Å². The first-order valence-electron chi connectivity index (χ1n) is 5.68. The molecule has 0 radical (unpaired) electrons. The molecule has 4 heteroatoms. The normalized spacial score (nSPS) is 33.5. The number of carbonyl (C=O) groups excluding carboxylic acids is 1. The van der Waals surface area contributed by atoms with Gasteiger partial charge in [0.25, 0.3) is 0 Å². The molecule has 2 aliphatic rings. The fourth-order valence-electron chi connectivity index (χ4n) is 2.01. The Kier molecular flexibility index (Phi) is 2.98. The summed E-state index contributed by atoms with van der Waals surface area (Å²) in [5.41, 5.74) is 0.223. The van der Waals surface area contributed by atoms with Gasteiger partial charge in [-0.05, 0) is 11.8 Å². The van der Waals surface area contributed by atoms with Crippen LogP contribution in [-0.2, 0) is 9.53 Å². The molecule has 1 heterocycles. The molecule has 2 unspecified atom stereocenters. The SMILES string of the molecule is CC1(C)CC1C(=O)NCC1COCCN1. The van der Waals surface area contributed by atoms with E-state index in [9.17, 15) is 4.79 Å². The second kappa shape index (κ2) is 4.10. The molecule has 1 aliphatic carbocycles. The molecule has 1 amide bonds. The molecule has 0 aromatic rings. The van der Waals surface area contributed by atoms with Gasteiger partial charge >= 0.3 is 0 Å². The van der Waals surface area contributed by atoms with Crippen molar-refractivity contribution in [3.05, 3.63) is 0 Å². The van der Waals surface area contributed by atoms with Crippen molar-refractivity contribution >= 4 is 5.91 Å². The fraction of sp³-hybridized carbons (Fsp3) is 0.909. The van der Waals surface area contributed by atoms with Crippen LogP contribution in [0, 0.1) is 11.3 Å².